The molecule has 3 heterocycles. The molecule has 22 heavy (non-hydrogen) atoms. The van der Waals surface area contributed by atoms with Gasteiger partial charge in [0, 0.05) is 18.4 Å². The Hall–Kier alpha value is -2.70. The molecule has 0 unspecified atom stereocenters. The SMILES string of the molecule is Cc1cc(C(=O)NCCn2ccc(C)n2)c2c(C)noc2n1. The van der Waals surface area contributed by atoms with Crippen LogP contribution in [0.25, 0.3) is 11.1 Å². The fourth-order valence-corrected chi connectivity index (χ4v) is 2.36. The van der Waals surface area contributed by atoms with Crippen molar-refractivity contribution in [1.29, 1.82) is 0 Å². The van der Waals surface area contributed by atoms with Crippen molar-refractivity contribution in [3.05, 3.63) is 41.0 Å². The molecule has 0 aromatic carbocycles. The van der Waals surface area contributed by atoms with Gasteiger partial charge in [0.25, 0.3) is 11.6 Å². The van der Waals surface area contributed by atoms with Crippen LogP contribution in [0.5, 0.6) is 0 Å². The maximum Gasteiger partial charge on any atom is 0.258 e. The van der Waals surface area contributed by atoms with E-state index in [-0.39, 0.29) is 5.91 Å². The van der Waals surface area contributed by atoms with Crippen LogP contribution in [-0.4, -0.2) is 32.4 Å². The van der Waals surface area contributed by atoms with Gasteiger partial charge in [-0.05, 0) is 32.9 Å². The summed E-state index contributed by atoms with van der Waals surface area (Å²) in [5.74, 6) is -0.161. The number of nitrogens with zero attached hydrogens (tertiary/aromatic N) is 4. The molecule has 0 aliphatic heterocycles. The van der Waals surface area contributed by atoms with E-state index in [1.165, 1.54) is 0 Å². The number of hydrogen-bond donors (Lipinski definition) is 1. The normalized spacial score (nSPS) is 11.0. The van der Waals surface area contributed by atoms with Gasteiger partial charge >= 0.3 is 0 Å². The summed E-state index contributed by atoms with van der Waals surface area (Å²) in [5, 5.41) is 11.7. The lowest BCUT2D eigenvalue weighted by molar-refractivity contribution is 0.0953. The summed E-state index contributed by atoms with van der Waals surface area (Å²) in [6.45, 7) is 6.66. The summed E-state index contributed by atoms with van der Waals surface area (Å²) in [6, 6.07) is 3.68. The number of amides is 1. The van der Waals surface area contributed by atoms with Crippen LogP contribution in [0.2, 0.25) is 0 Å². The molecule has 1 amide bonds. The second-order valence-corrected chi connectivity index (χ2v) is 5.24. The molecular formula is C15H17N5O2. The summed E-state index contributed by atoms with van der Waals surface area (Å²) in [4.78, 5) is 16.7. The molecule has 114 valence electrons. The first-order chi connectivity index (χ1) is 10.5. The first-order valence-corrected chi connectivity index (χ1v) is 7.06. The van der Waals surface area contributed by atoms with Gasteiger partial charge in [-0.15, -0.1) is 0 Å². The van der Waals surface area contributed by atoms with Gasteiger partial charge in [0.05, 0.1) is 28.9 Å². The van der Waals surface area contributed by atoms with E-state index in [9.17, 15) is 4.79 Å². The van der Waals surface area contributed by atoms with Crippen molar-refractivity contribution in [3.63, 3.8) is 0 Å². The number of carbonyl (C=O) groups excluding carboxylic acids is 1. The van der Waals surface area contributed by atoms with Crippen molar-refractivity contribution < 1.29 is 9.32 Å². The summed E-state index contributed by atoms with van der Waals surface area (Å²) < 4.78 is 6.94. The smallest absolute Gasteiger partial charge is 0.258 e. The monoisotopic (exact) mass is 299 g/mol. The fourth-order valence-electron chi connectivity index (χ4n) is 2.36. The Morgan fingerprint density at radius 2 is 2.14 bits per heavy atom. The molecule has 0 radical (unpaired) electrons. The lowest BCUT2D eigenvalue weighted by Gasteiger charge is -2.07. The molecule has 0 aliphatic carbocycles. The molecule has 3 aromatic heterocycles. The van der Waals surface area contributed by atoms with E-state index in [0.717, 1.165) is 11.4 Å². The third-order valence-corrected chi connectivity index (χ3v) is 3.39. The highest BCUT2D eigenvalue weighted by Gasteiger charge is 2.17. The predicted molar refractivity (Wildman–Crippen MR) is 80.6 cm³/mol. The topological polar surface area (TPSA) is 85.8 Å². The first kappa shape index (κ1) is 14.2. The Morgan fingerprint density at radius 1 is 1.32 bits per heavy atom. The van der Waals surface area contributed by atoms with Crippen LogP contribution >= 0.6 is 0 Å². The molecule has 3 rings (SSSR count). The van der Waals surface area contributed by atoms with E-state index in [1.54, 1.807) is 17.7 Å². The van der Waals surface area contributed by atoms with Crippen LogP contribution in [0.1, 0.15) is 27.4 Å². The van der Waals surface area contributed by atoms with E-state index >= 15 is 0 Å². The average Bonchev–Trinajstić information content (AvgIpc) is 3.04. The van der Waals surface area contributed by atoms with Gasteiger partial charge in [-0.1, -0.05) is 5.16 Å². The number of hydrogen-bond acceptors (Lipinski definition) is 5. The molecule has 0 spiro atoms. The number of nitrogens with one attached hydrogen (secondary N) is 1. The number of aryl methyl sites for hydroxylation is 3. The van der Waals surface area contributed by atoms with Crippen LogP contribution in [0.3, 0.4) is 0 Å². The highest BCUT2D eigenvalue weighted by molar-refractivity contribution is 6.05. The molecule has 0 saturated heterocycles. The van der Waals surface area contributed by atoms with Crippen LogP contribution in [-0.2, 0) is 6.54 Å². The number of fused-ring (bicyclic) bond motifs is 1. The maximum absolute atomic E-state index is 12.4. The standard InChI is InChI=1S/C15H17N5O2/c1-9-4-6-20(18-9)7-5-16-14(21)12-8-10(2)17-15-13(12)11(3)19-22-15/h4,6,8H,5,7H2,1-3H3,(H,16,21). The molecule has 7 nitrogen and oxygen atoms in total. The average molecular weight is 299 g/mol. The van der Waals surface area contributed by atoms with Crippen molar-refractivity contribution in [2.75, 3.05) is 6.54 Å². The van der Waals surface area contributed by atoms with Crippen LogP contribution in [0.4, 0.5) is 0 Å². The van der Waals surface area contributed by atoms with E-state index in [4.69, 9.17) is 4.52 Å². The fraction of sp³-hybridized carbons (Fsp3) is 0.333. The summed E-state index contributed by atoms with van der Waals surface area (Å²) in [6.07, 6.45) is 1.89. The molecular weight excluding hydrogens is 282 g/mol. The molecule has 0 saturated carbocycles. The highest BCUT2D eigenvalue weighted by atomic mass is 16.5. The molecule has 7 heteroatoms. The second kappa shape index (κ2) is 5.59. The first-order valence-electron chi connectivity index (χ1n) is 7.06. The second-order valence-electron chi connectivity index (χ2n) is 5.24. The molecule has 0 aliphatic rings. The largest absolute Gasteiger partial charge is 0.350 e. The van der Waals surface area contributed by atoms with Crippen molar-refractivity contribution in [3.8, 4) is 0 Å². The number of rotatable bonds is 4. The molecule has 0 bridgehead atoms. The van der Waals surface area contributed by atoms with Gasteiger partial charge in [-0.3, -0.25) is 9.48 Å². The van der Waals surface area contributed by atoms with E-state index < -0.39 is 0 Å². The summed E-state index contributed by atoms with van der Waals surface area (Å²) in [7, 11) is 0. The minimum absolute atomic E-state index is 0.161. The van der Waals surface area contributed by atoms with Gasteiger partial charge in [0.2, 0.25) is 0 Å². The lowest BCUT2D eigenvalue weighted by atomic mass is 10.1. The van der Waals surface area contributed by atoms with Crippen LogP contribution in [0, 0.1) is 20.8 Å². The van der Waals surface area contributed by atoms with E-state index in [0.29, 0.717) is 35.4 Å². The van der Waals surface area contributed by atoms with Gasteiger partial charge in [0.1, 0.15) is 0 Å². The Labute approximate surface area is 127 Å². The minimum atomic E-state index is -0.161. The molecule has 1 N–H and O–H groups in total. The molecule has 3 aromatic rings. The van der Waals surface area contributed by atoms with Crippen molar-refractivity contribution >= 4 is 17.0 Å². The summed E-state index contributed by atoms with van der Waals surface area (Å²) >= 11 is 0. The lowest BCUT2D eigenvalue weighted by Crippen LogP contribution is -2.27. The zero-order valence-electron chi connectivity index (χ0n) is 12.8. The molecule has 0 atom stereocenters. The number of aromatic nitrogens is 4. The van der Waals surface area contributed by atoms with Crippen molar-refractivity contribution in [1.82, 2.24) is 25.2 Å². The maximum atomic E-state index is 12.4. The van der Waals surface area contributed by atoms with Crippen molar-refractivity contribution in [2.24, 2.45) is 0 Å². The Kier molecular flexibility index (Phi) is 3.62. The van der Waals surface area contributed by atoms with Gasteiger partial charge in [-0.25, -0.2) is 4.98 Å². The minimum Gasteiger partial charge on any atom is -0.350 e. The van der Waals surface area contributed by atoms with Crippen LogP contribution < -0.4 is 5.32 Å². The predicted octanol–water partition coefficient (Wildman–Crippen LogP) is 1.77. The van der Waals surface area contributed by atoms with Crippen LogP contribution in [0.15, 0.2) is 22.9 Å². The number of carbonyl (C=O) groups is 1. The Bertz CT molecular complexity index is 834. The third kappa shape index (κ3) is 2.69. The van der Waals surface area contributed by atoms with Gasteiger partial charge < -0.3 is 9.84 Å². The van der Waals surface area contributed by atoms with Crippen molar-refractivity contribution in [2.45, 2.75) is 27.3 Å². The van der Waals surface area contributed by atoms with Gasteiger partial charge in [0.15, 0.2) is 0 Å². The Balaban J connectivity index is 1.76. The zero-order chi connectivity index (χ0) is 15.7. The summed E-state index contributed by atoms with van der Waals surface area (Å²) in [5.41, 5.74) is 3.27. The Morgan fingerprint density at radius 3 is 2.86 bits per heavy atom. The van der Waals surface area contributed by atoms with Gasteiger partial charge in [-0.2, -0.15) is 5.10 Å². The number of pyridine rings is 1. The quantitative estimate of drug-likeness (QED) is 0.793. The van der Waals surface area contributed by atoms with E-state index in [2.05, 4.69) is 20.6 Å². The molecule has 0 fully saturated rings. The van der Waals surface area contributed by atoms with E-state index in [1.807, 2.05) is 26.1 Å². The zero-order valence-corrected chi connectivity index (χ0v) is 12.8. The highest BCUT2D eigenvalue weighted by Crippen LogP contribution is 2.21. The third-order valence-electron chi connectivity index (χ3n) is 3.39.